The van der Waals surface area contributed by atoms with E-state index in [1.54, 1.807) is 48.2 Å². The molecule has 0 aromatic heterocycles. The number of ether oxygens (including phenoxy) is 1. The molecule has 0 heterocycles. The zero-order chi connectivity index (χ0) is 23.0. The van der Waals surface area contributed by atoms with Gasteiger partial charge in [0.15, 0.2) is 5.78 Å². The molecule has 4 aromatic rings. The predicted molar refractivity (Wildman–Crippen MR) is 130 cm³/mol. The van der Waals surface area contributed by atoms with Crippen LogP contribution in [0.2, 0.25) is 0 Å². The first-order valence-corrected chi connectivity index (χ1v) is 11.9. The summed E-state index contributed by atoms with van der Waals surface area (Å²) in [5, 5.41) is 8.82. The van der Waals surface area contributed by atoms with Crippen LogP contribution >= 0.6 is 23.5 Å². The molecule has 0 amide bonds. The molecule has 0 bridgehead atoms. The second kappa shape index (κ2) is 11.2. The minimum absolute atomic E-state index is 0.0132. The van der Waals surface area contributed by atoms with E-state index in [9.17, 15) is 9.18 Å². The summed E-state index contributed by atoms with van der Waals surface area (Å²) in [5.41, 5.74) is 0.875. The van der Waals surface area contributed by atoms with Crippen molar-refractivity contribution in [3.63, 3.8) is 0 Å². The minimum atomic E-state index is -0.413. The summed E-state index contributed by atoms with van der Waals surface area (Å²) in [6.07, 6.45) is 0. The van der Waals surface area contributed by atoms with Crippen molar-refractivity contribution in [2.45, 2.75) is 19.6 Å². The average molecular weight is 477 g/mol. The Bertz CT molecular complexity index is 1210. The van der Waals surface area contributed by atoms with Crippen molar-refractivity contribution < 1.29 is 19.0 Å². The topological polar surface area (TPSA) is 46.5 Å². The van der Waals surface area contributed by atoms with E-state index in [0.29, 0.717) is 16.0 Å². The van der Waals surface area contributed by atoms with Gasteiger partial charge in [-0.05, 0) is 66.7 Å². The molecule has 1 N–H and O–H groups in total. The van der Waals surface area contributed by atoms with Gasteiger partial charge < -0.3 is 9.84 Å². The molecule has 0 radical (unpaired) electrons. The van der Waals surface area contributed by atoms with Crippen LogP contribution < -0.4 is 4.74 Å². The Morgan fingerprint density at radius 3 is 1.97 bits per heavy atom. The summed E-state index contributed by atoms with van der Waals surface area (Å²) in [4.78, 5) is 16.0. The normalized spacial score (nSPS) is 10.7. The first kappa shape index (κ1) is 23.1. The Morgan fingerprint density at radius 1 is 0.758 bits per heavy atom. The standard InChI is InChI=1S/C27H21FO3S2/c28-25-18-20(27(30)19-4-2-1-3-5-19)6-15-26(25)33-24-13-11-23(12-14-24)32-22-9-7-21(8-10-22)31-17-16-29/h1-15,18,29H,16-17H2. The smallest absolute Gasteiger partial charge is 0.193 e. The van der Waals surface area contributed by atoms with E-state index in [0.717, 1.165) is 20.4 Å². The highest BCUT2D eigenvalue weighted by Gasteiger charge is 2.12. The number of benzene rings is 4. The number of halogens is 1. The van der Waals surface area contributed by atoms with Crippen LogP contribution in [0, 0.1) is 5.82 Å². The number of carbonyl (C=O) groups is 1. The number of hydrogen-bond acceptors (Lipinski definition) is 5. The number of aliphatic hydroxyl groups is 1. The molecular formula is C27H21FO3S2. The van der Waals surface area contributed by atoms with E-state index >= 15 is 0 Å². The Labute approximate surface area is 200 Å². The molecule has 4 rings (SSSR count). The monoisotopic (exact) mass is 476 g/mol. The molecule has 0 atom stereocenters. The van der Waals surface area contributed by atoms with Gasteiger partial charge in [-0.2, -0.15) is 0 Å². The van der Waals surface area contributed by atoms with Crippen molar-refractivity contribution in [2.24, 2.45) is 0 Å². The molecule has 3 nitrogen and oxygen atoms in total. The Hall–Kier alpha value is -3.06. The molecule has 0 unspecified atom stereocenters. The van der Waals surface area contributed by atoms with Gasteiger partial charge >= 0.3 is 0 Å². The first-order valence-electron chi connectivity index (χ1n) is 10.3. The number of carbonyl (C=O) groups excluding carboxylic acids is 1. The molecule has 4 aromatic carbocycles. The van der Waals surface area contributed by atoms with Crippen LogP contribution in [0.1, 0.15) is 15.9 Å². The second-order valence-electron chi connectivity index (χ2n) is 7.06. The van der Waals surface area contributed by atoms with Crippen LogP contribution in [0.4, 0.5) is 4.39 Å². The van der Waals surface area contributed by atoms with E-state index < -0.39 is 5.82 Å². The maximum absolute atomic E-state index is 14.7. The fourth-order valence-corrected chi connectivity index (χ4v) is 4.72. The van der Waals surface area contributed by atoms with Gasteiger partial charge in [0.1, 0.15) is 18.2 Å². The van der Waals surface area contributed by atoms with Crippen LogP contribution in [-0.2, 0) is 0 Å². The van der Waals surface area contributed by atoms with Crippen molar-refractivity contribution in [3.8, 4) is 5.75 Å². The number of ketones is 1. The lowest BCUT2D eigenvalue weighted by Gasteiger charge is -2.08. The number of aliphatic hydroxyl groups excluding tert-OH is 1. The van der Waals surface area contributed by atoms with Gasteiger partial charge in [-0.1, -0.05) is 53.9 Å². The van der Waals surface area contributed by atoms with Gasteiger partial charge in [0.05, 0.1) is 6.61 Å². The van der Waals surface area contributed by atoms with E-state index in [1.807, 2.05) is 54.6 Å². The number of hydrogen-bond donors (Lipinski definition) is 1. The molecule has 0 saturated carbocycles. The first-order chi connectivity index (χ1) is 16.1. The lowest BCUT2D eigenvalue weighted by molar-refractivity contribution is 0.103. The summed E-state index contributed by atoms with van der Waals surface area (Å²) in [6.45, 7) is 0.263. The van der Waals surface area contributed by atoms with Gasteiger partial charge in [-0.25, -0.2) is 4.39 Å². The van der Waals surface area contributed by atoms with Crippen molar-refractivity contribution in [3.05, 3.63) is 114 Å². The fraction of sp³-hybridized carbons (Fsp3) is 0.0741. The Kier molecular flexibility index (Phi) is 7.83. The van der Waals surface area contributed by atoms with Gasteiger partial charge in [0.25, 0.3) is 0 Å². The molecule has 6 heteroatoms. The molecule has 0 aliphatic carbocycles. The number of rotatable bonds is 9. The Morgan fingerprint density at radius 2 is 1.36 bits per heavy atom. The maximum Gasteiger partial charge on any atom is 0.193 e. The van der Waals surface area contributed by atoms with Crippen LogP contribution in [-0.4, -0.2) is 24.1 Å². The zero-order valence-electron chi connectivity index (χ0n) is 17.6. The van der Waals surface area contributed by atoms with Crippen molar-refractivity contribution >= 4 is 29.3 Å². The molecule has 0 aliphatic rings. The third-order valence-corrected chi connectivity index (χ3v) is 6.78. The lowest BCUT2D eigenvalue weighted by atomic mass is 10.0. The molecule has 0 aliphatic heterocycles. The molecule has 33 heavy (non-hydrogen) atoms. The van der Waals surface area contributed by atoms with Gasteiger partial charge in [0, 0.05) is 30.7 Å². The molecule has 0 saturated heterocycles. The summed E-state index contributed by atoms with van der Waals surface area (Å²) in [7, 11) is 0. The summed E-state index contributed by atoms with van der Waals surface area (Å²) in [6, 6.07) is 29.1. The highest BCUT2D eigenvalue weighted by atomic mass is 32.2. The third-order valence-electron chi connectivity index (χ3n) is 4.70. The highest BCUT2D eigenvalue weighted by Crippen LogP contribution is 2.34. The Balaban J connectivity index is 1.39. The third kappa shape index (κ3) is 6.26. The van der Waals surface area contributed by atoms with Crippen molar-refractivity contribution in [1.29, 1.82) is 0 Å². The van der Waals surface area contributed by atoms with Gasteiger partial charge in [-0.15, -0.1) is 0 Å². The van der Waals surface area contributed by atoms with Crippen LogP contribution in [0.5, 0.6) is 5.75 Å². The van der Waals surface area contributed by atoms with E-state index in [4.69, 9.17) is 9.84 Å². The van der Waals surface area contributed by atoms with Gasteiger partial charge in [-0.3, -0.25) is 4.79 Å². The van der Waals surface area contributed by atoms with Crippen LogP contribution in [0.3, 0.4) is 0 Å². The fourth-order valence-electron chi connectivity index (χ4n) is 3.09. The average Bonchev–Trinajstić information content (AvgIpc) is 2.86. The molecule has 166 valence electrons. The summed E-state index contributed by atoms with van der Waals surface area (Å²) < 4.78 is 20.1. The van der Waals surface area contributed by atoms with Crippen LogP contribution in [0.15, 0.2) is 117 Å². The second-order valence-corrected chi connectivity index (χ2v) is 9.32. The summed E-state index contributed by atoms with van der Waals surface area (Å²) >= 11 is 2.94. The quantitative estimate of drug-likeness (QED) is 0.271. The van der Waals surface area contributed by atoms with E-state index in [1.165, 1.54) is 17.8 Å². The van der Waals surface area contributed by atoms with Crippen molar-refractivity contribution in [1.82, 2.24) is 0 Å². The predicted octanol–water partition coefficient (Wildman–Crippen LogP) is 6.73. The maximum atomic E-state index is 14.7. The van der Waals surface area contributed by atoms with Crippen molar-refractivity contribution in [2.75, 3.05) is 13.2 Å². The SMILES string of the molecule is O=C(c1ccccc1)c1ccc(Sc2ccc(Sc3ccc(OCCO)cc3)cc2)c(F)c1. The summed E-state index contributed by atoms with van der Waals surface area (Å²) in [5.74, 6) is 0.114. The largest absolute Gasteiger partial charge is 0.491 e. The lowest BCUT2D eigenvalue weighted by Crippen LogP contribution is -2.01. The van der Waals surface area contributed by atoms with Crippen LogP contribution in [0.25, 0.3) is 0 Å². The van der Waals surface area contributed by atoms with E-state index in [-0.39, 0.29) is 19.0 Å². The minimum Gasteiger partial charge on any atom is -0.491 e. The molecule has 0 spiro atoms. The highest BCUT2D eigenvalue weighted by molar-refractivity contribution is 7.99. The zero-order valence-corrected chi connectivity index (χ0v) is 19.2. The van der Waals surface area contributed by atoms with E-state index in [2.05, 4.69) is 0 Å². The molecule has 0 fully saturated rings. The van der Waals surface area contributed by atoms with Gasteiger partial charge in [0.2, 0.25) is 0 Å². The molecular weight excluding hydrogens is 455 g/mol.